The number of rotatable bonds is 1. The summed E-state index contributed by atoms with van der Waals surface area (Å²) in [7, 11) is 1.31. The number of β-amino-alcohol motifs (C(OH)–C–C–N with tert-alkyl or cyclic N) is 1. The van der Waals surface area contributed by atoms with Crippen LogP contribution >= 0.6 is 0 Å². The number of methoxy groups -OCH3 is 1. The van der Waals surface area contributed by atoms with Crippen molar-refractivity contribution in [1.29, 1.82) is 0 Å². The summed E-state index contributed by atoms with van der Waals surface area (Å²) in [6, 6.07) is 0.523. The van der Waals surface area contributed by atoms with Gasteiger partial charge in [0.2, 0.25) is 0 Å². The van der Waals surface area contributed by atoms with Crippen molar-refractivity contribution in [3.05, 3.63) is 0 Å². The van der Waals surface area contributed by atoms with Crippen LogP contribution in [0.5, 0.6) is 0 Å². The van der Waals surface area contributed by atoms with Gasteiger partial charge in [0.25, 0.3) is 6.47 Å². The number of carbonyl (C=O) groups is 1. The maximum absolute atomic E-state index is 8.95. The number of ether oxygens (including phenoxy) is 1. The first-order chi connectivity index (χ1) is 5.20. The minimum absolute atomic E-state index is 0.0880. The lowest BCUT2D eigenvalue weighted by atomic mass is 10.2. The lowest BCUT2D eigenvalue weighted by Crippen LogP contribution is -2.17. The largest absolute Gasteiger partial charge is 0.471 e. The third kappa shape index (κ3) is 5.82. The van der Waals surface area contributed by atoms with Gasteiger partial charge < -0.3 is 15.2 Å². The first kappa shape index (κ1) is 10.4. The van der Waals surface area contributed by atoms with Crippen molar-refractivity contribution >= 4 is 6.47 Å². The quantitative estimate of drug-likeness (QED) is 0.510. The molecular formula is C7H15NO3. The van der Waals surface area contributed by atoms with E-state index in [1.165, 1.54) is 7.11 Å². The average Bonchev–Trinajstić information content (AvgIpc) is 2.35. The van der Waals surface area contributed by atoms with E-state index >= 15 is 0 Å². The molecule has 1 aliphatic rings. The fraction of sp³-hybridized carbons (Fsp3) is 0.857. The molecule has 0 aromatic heterocycles. The number of hydrogen-bond acceptors (Lipinski definition) is 4. The van der Waals surface area contributed by atoms with Crippen LogP contribution in [-0.4, -0.2) is 37.4 Å². The van der Waals surface area contributed by atoms with Crippen molar-refractivity contribution in [3.63, 3.8) is 0 Å². The fourth-order valence-corrected chi connectivity index (χ4v) is 0.912. The van der Waals surface area contributed by atoms with E-state index in [0.717, 1.165) is 13.0 Å². The smallest absolute Gasteiger partial charge is 0.292 e. The molecule has 2 N–H and O–H groups in total. The Morgan fingerprint density at radius 1 is 1.73 bits per heavy atom. The highest BCUT2D eigenvalue weighted by atomic mass is 16.5. The lowest BCUT2D eigenvalue weighted by molar-refractivity contribution is -0.126. The van der Waals surface area contributed by atoms with Crippen molar-refractivity contribution in [2.75, 3.05) is 13.7 Å². The molecule has 4 heteroatoms. The second-order valence-corrected chi connectivity index (χ2v) is 2.53. The third-order valence-electron chi connectivity index (χ3n) is 1.42. The van der Waals surface area contributed by atoms with Gasteiger partial charge in [0, 0.05) is 12.6 Å². The maximum Gasteiger partial charge on any atom is 0.292 e. The molecule has 0 aromatic rings. The highest BCUT2D eigenvalue weighted by Gasteiger charge is 2.16. The SMILES string of the molecule is CC1CC(O)CN1.COC=O. The molecule has 66 valence electrons. The molecule has 1 saturated heterocycles. The highest BCUT2D eigenvalue weighted by Crippen LogP contribution is 2.03. The zero-order valence-electron chi connectivity index (χ0n) is 6.91. The van der Waals surface area contributed by atoms with E-state index in [-0.39, 0.29) is 6.10 Å². The molecule has 1 heterocycles. The van der Waals surface area contributed by atoms with Crippen LogP contribution in [0.3, 0.4) is 0 Å². The fourth-order valence-electron chi connectivity index (χ4n) is 0.912. The van der Waals surface area contributed by atoms with Gasteiger partial charge >= 0.3 is 0 Å². The summed E-state index contributed by atoms with van der Waals surface area (Å²) in [5, 5.41) is 12.0. The summed E-state index contributed by atoms with van der Waals surface area (Å²) in [4.78, 5) is 8.95. The number of nitrogens with one attached hydrogen (secondary N) is 1. The van der Waals surface area contributed by atoms with Crippen LogP contribution in [0.2, 0.25) is 0 Å². The monoisotopic (exact) mass is 161 g/mol. The van der Waals surface area contributed by atoms with Gasteiger partial charge in [-0.25, -0.2) is 0 Å². The molecule has 0 radical (unpaired) electrons. The van der Waals surface area contributed by atoms with Crippen LogP contribution in [0.1, 0.15) is 13.3 Å². The number of aliphatic hydroxyl groups is 1. The molecule has 0 aliphatic carbocycles. The summed E-state index contributed by atoms with van der Waals surface area (Å²) in [5.74, 6) is 0. The molecule has 0 spiro atoms. The Labute approximate surface area is 66.5 Å². The first-order valence-corrected chi connectivity index (χ1v) is 3.58. The summed E-state index contributed by atoms with van der Waals surface area (Å²) < 4.78 is 3.86. The van der Waals surface area contributed by atoms with Crippen LogP contribution in [0, 0.1) is 0 Å². The molecule has 2 unspecified atom stereocenters. The molecular weight excluding hydrogens is 146 g/mol. The van der Waals surface area contributed by atoms with Crippen molar-refractivity contribution < 1.29 is 14.6 Å². The Hall–Kier alpha value is -0.610. The lowest BCUT2D eigenvalue weighted by Gasteiger charge is -1.95. The summed E-state index contributed by atoms with van der Waals surface area (Å²) in [5.41, 5.74) is 0. The van der Waals surface area contributed by atoms with Gasteiger partial charge in [0.05, 0.1) is 13.2 Å². The second-order valence-electron chi connectivity index (χ2n) is 2.53. The molecule has 11 heavy (non-hydrogen) atoms. The van der Waals surface area contributed by atoms with Crippen LogP contribution in [0.15, 0.2) is 0 Å². The van der Waals surface area contributed by atoms with Crippen molar-refractivity contribution in [2.45, 2.75) is 25.5 Å². The predicted molar refractivity (Wildman–Crippen MR) is 41.2 cm³/mol. The van der Waals surface area contributed by atoms with E-state index in [4.69, 9.17) is 9.90 Å². The zero-order valence-corrected chi connectivity index (χ0v) is 6.91. The minimum Gasteiger partial charge on any atom is -0.471 e. The third-order valence-corrected chi connectivity index (χ3v) is 1.42. The van der Waals surface area contributed by atoms with Crippen molar-refractivity contribution in [1.82, 2.24) is 5.32 Å². The van der Waals surface area contributed by atoms with Gasteiger partial charge in [-0.3, -0.25) is 4.79 Å². The highest BCUT2D eigenvalue weighted by molar-refractivity contribution is 5.36. The molecule has 1 aliphatic heterocycles. The number of carbonyl (C=O) groups excluding carboxylic acids is 1. The van der Waals surface area contributed by atoms with E-state index in [1.54, 1.807) is 0 Å². The van der Waals surface area contributed by atoms with E-state index in [2.05, 4.69) is 17.0 Å². The normalized spacial score (nSPS) is 28.6. The summed E-state index contributed by atoms with van der Waals surface area (Å²) in [6.07, 6.45) is 0.829. The molecule has 2 atom stereocenters. The van der Waals surface area contributed by atoms with E-state index in [9.17, 15) is 0 Å². The Balaban J connectivity index is 0.000000218. The molecule has 0 amide bonds. The Bertz CT molecular complexity index is 99.9. The van der Waals surface area contributed by atoms with E-state index < -0.39 is 0 Å². The molecule has 4 nitrogen and oxygen atoms in total. The average molecular weight is 161 g/mol. The maximum atomic E-state index is 8.95. The number of aliphatic hydroxyl groups excluding tert-OH is 1. The van der Waals surface area contributed by atoms with Gasteiger partial charge in [0.15, 0.2) is 0 Å². The Morgan fingerprint density at radius 2 is 2.27 bits per heavy atom. The van der Waals surface area contributed by atoms with E-state index in [0.29, 0.717) is 12.5 Å². The molecule has 1 fully saturated rings. The van der Waals surface area contributed by atoms with Gasteiger partial charge in [-0.2, -0.15) is 0 Å². The van der Waals surface area contributed by atoms with Crippen molar-refractivity contribution in [3.8, 4) is 0 Å². The van der Waals surface area contributed by atoms with Crippen LogP contribution < -0.4 is 5.32 Å². The predicted octanol–water partition coefficient (Wildman–Crippen LogP) is -0.482. The molecule has 0 saturated carbocycles. The molecule has 0 aromatic carbocycles. The Morgan fingerprint density at radius 3 is 2.36 bits per heavy atom. The van der Waals surface area contributed by atoms with E-state index in [1.807, 2.05) is 0 Å². The van der Waals surface area contributed by atoms with Gasteiger partial charge in [-0.15, -0.1) is 0 Å². The van der Waals surface area contributed by atoms with Crippen LogP contribution in [0.4, 0.5) is 0 Å². The standard InChI is InChI=1S/C5H11NO.C2H4O2/c1-4-2-5(7)3-6-4;1-4-2-3/h4-7H,2-3H2,1H3;2H,1H3. The molecule has 1 rings (SSSR count). The van der Waals surface area contributed by atoms with Crippen LogP contribution in [0.25, 0.3) is 0 Å². The minimum atomic E-state index is -0.0880. The first-order valence-electron chi connectivity index (χ1n) is 3.58. The zero-order chi connectivity index (χ0) is 8.69. The van der Waals surface area contributed by atoms with Crippen molar-refractivity contribution in [2.24, 2.45) is 0 Å². The summed E-state index contributed by atoms with van der Waals surface area (Å²) >= 11 is 0. The Kier molecular flexibility index (Phi) is 5.78. The van der Waals surface area contributed by atoms with Gasteiger partial charge in [-0.05, 0) is 13.3 Å². The van der Waals surface area contributed by atoms with Gasteiger partial charge in [-0.1, -0.05) is 0 Å². The van der Waals surface area contributed by atoms with Crippen LogP contribution in [-0.2, 0) is 9.53 Å². The van der Waals surface area contributed by atoms with Gasteiger partial charge in [0.1, 0.15) is 0 Å². The summed E-state index contributed by atoms with van der Waals surface area (Å²) in [6.45, 7) is 3.23. The number of hydrogen-bond donors (Lipinski definition) is 2. The topological polar surface area (TPSA) is 58.6 Å². The molecule has 0 bridgehead atoms. The second kappa shape index (κ2) is 6.12.